The van der Waals surface area contributed by atoms with E-state index in [1.54, 1.807) is 29.0 Å². The topological polar surface area (TPSA) is 47.4 Å². The first-order valence-corrected chi connectivity index (χ1v) is 9.14. The Balaban J connectivity index is 1.84. The third-order valence-electron chi connectivity index (χ3n) is 4.32. The molecule has 140 valence electrons. The Labute approximate surface area is 164 Å². The van der Waals surface area contributed by atoms with Crippen LogP contribution < -0.4 is 4.74 Å². The fraction of sp³-hybridized carbons (Fsp3) is 0.238. The number of aryl methyl sites for hydroxylation is 1. The van der Waals surface area contributed by atoms with Gasteiger partial charge in [0.1, 0.15) is 11.4 Å². The number of hydrogen-bond donors (Lipinski definition) is 0. The summed E-state index contributed by atoms with van der Waals surface area (Å²) in [6, 6.07) is 15.1. The van der Waals surface area contributed by atoms with Gasteiger partial charge in [0.2, 0.25) is 0 Å². The second kappa shape index (κ2) is 8.27. The molecule has 1 aromatic heterocycles. The summed E-state index contributed by atoms with van der Waals surface area (Å²) in [5.74, 6) is 0.580. The SMILES string of the molecule is CCN(Cc1cccc(Cl)c1)C(=O)c1ccn(-c2cc(C)ccc2OC)n1. The Morgan fingerprint density at radius 2 is 2.04 bits per heavy atom. The van der Waals surface area contributed by atoms with Crippen molar-refractivity contribution in [3.05, 3.63) is 76.6 Å². The number of carbonyl (C=O) groups is 1. The first kappa shape index (κ1) is 19.0. The van der Waals surface area contributed by atoms with Crippen molar-refractivity contribution in [2.24, 2.45) is 0 Å². The van der Waals surface area contributed by atoms with Crippen LogP contribution >= 0.6 is 11.6 Å². The summed E-state index contributed by atoms with van der Waals surface area (Å²) in [7, 11) is 1.62. The van der Waals surface area contributed by atoms with Gasteiger partial charge in [-0.05, 0) is 55.3 Å². The van der Waals surface area contributed by atoms with E-state index >= 15 is 0 Å². The van der Waals surface area contributed by atoms with E-state index in [1.807, 2.05) is 56.3 Å². The van der Waals surface area contributed by atoms with Crippen molar-refractivity contribution in [1.82, 2.24) is 14.7 Å². The van der Waals surface area contributed by atoms with Crippen molar-refractivity contribution in [3.8, 4) is 11.4 Å². The third-order valence-corrected chi connectivity index (χ3v) is 4.56. The van der Waals surface area contributed by atoms with Gasteiger partial charge in [0, 0.05) is 24.3 Å². The van der Waals surface area contributed by atoms with E-state index in [-0.39, 0.29) is 5.91 Å². The predicted octanol–water partition coefficient (Wildman–Crippen LogP) is 4.51. The van der Waals surface area contributed by atoms with Gasteiger partial charge < -0.3 is 9.64 Å². The zero-order valence-electron chi connectivity index (χ0n) is 15.6. The maximum absolute atomic E-state index is 12.9. The van der Waals surface area contributed by atoms with Gasteiger partial charge in [-0.2, -0.15) is 5.10 Å². The summed E-state index contributed by atoms with van der Waals surface area (Å²) in [5.41, 5.74) is 3.26. The fourth-order valence-corrected chi connectivity index (χ4v) is 3.11. The monoisotopic (exact) mass is 383 g/mol. The molecule has 0 aliphatic heterocycles. The molecule has 0 saturated heterocycles. The summed E-state index contributed by atoms with van der Waals surface area (Å²) in [6.45, 7) is 5.01. The molecule has 0 bridgehead atoms. The minimum atomic E-state index is -0.122. The highest BCUT2D eigenvalue weighted by Gasteiger charge is 2.18. The Morgan fingerprint density at radius 3 is 2.74 bits per heavy atom. The molecular formula is C21H22ClN3O2. The minimum Gasteiger partial charge on any atom is -0.494 e. The van der Waals surface area contributed by atoms with Crippen LogP contribution in [0.3, 0.4) is 0 Å². The van der Waals surface area contributed by atoms with Crippen LogP contribution in [0, 0.1) is 6.92 Å². The molecule has 3 aromatic rings. The molecule has 2 aromatic carbocycles. The molecule has 0 fully saturated rings. The van der Waals surface area contributed by atoms with Crippen molar-refractivity contribution in [2.75, 3.05) is 13.7 Å². The number of benzene rings is 2. The summed E-state index contributed by atoms with van der Waals surface area (Å²) in [4.78, 5) is 14.7. The molecule has 27 heavy (non-hydrogen) atoms. The van der Waals surface area contributed by atoms with Gasteiger partial charge in [-0.25, -0.2) is 4.68 Å². The van der Waals surface area contributed by atoms with Gasteiger partial charge in [0.25, 0.3) is 5.91 Å². The van der Waals surface area contributed by atoms with Crippen LogP contribution in [0.4, 0.5) is 0 Å². The number of halogens is 1. The first-order valence-electron chi connectivity index (χ1n) is 8.76. The molecule has 0 atom stereocenters. The molecular weight excluding hydrogens is 362 g/mol. The first-order chi connectivity index (χ1) is 13.0. The molecule has 1 heterocycles. The van der Waals surface area contributed by atoms with Crippen molar-refractivity contribution in [2.45, 2.75) is 20.4 Å². The van der Waals surface area contributed by atoms with Crippen LogP contribution in [-0.4, -0.2) is 34.2 Å². The second-order valence-corrected chi connectivity index (χ2v) is 6.71. The number of rotatable bonds is 6. The van der Waals surface area contributed by atoms with E-state index in [4.69, 9.17) is 16.3 Å². The van der Waals surface area contributed by atoms with Crippen molar-refractivity contribution in [1.29, 1.82) is 0 Å². The molecule has 5 nitrogen and oxygen atoms in total. The molecule has 0 spiro atoms. The lowest BCUT2D eigenvalue weighted by atomic mass is 10.2. The average Bonchev–Trinajstić information content (AvgIpc) is 3.15. The number of methoxy groups -OCH3 is 1. The van der Waals surface area contributed by atoms with Crippen LogP contribution in [-0.2, 0) is 6.54 Å². The van der Waals surface area contributed by atoms with Gasteiger partial charge in [0.15, 0.2) is 5.69 Å². The van der Waals surface area contributed by atoms with Gasteiger partial charge >= 0.3 is 0 Å². The van der Waals surface area contributed by atoms with Crippen LogP contribution in [0.5, 0.6) is 5.75 Å². The highest BCUT2D eigenvalue weighted by molar-refractivity contribution is 6.30. The highest BCUT2D eigenvalue weighted by atomic mass is 35.5. The number of ether oxygens (including phenoxy) is 1. The summed E-state index contributed by atoms with van der Waals surface area (Å²) in [5, 5.41) is 5.14. The number of amides is 1. The quantitative estimate of drug-likeness (QED) is 0.629. The number of nitrogens with zero attached hydrogens (tertiary/aromatic N) is 3. The van der Waals surface area contributed by atoms with Crippen LogP contribution in [0.25, 0.3) is 5.69 Å². The van der Waals surface area contributed by atoms with Crippen LogP contribution in [0.1, 0.15) is 28.5 Å². The summed E-state index contributed by atoms with van der Waals surface area (Å²) >= 11 is 6.05. The average molecular weight is 384 g/mol. The Kier molecular flexibility index (Phi) is 5.81. The normalized spacial score (nSPS) is 10.7. The molecule has 0 N–H and O–H groups in total. The summed E-state index contributed by atoms with van der Waals surface area (Å²) in [6.07, 6.45) is 1.78. The lowest BCUT2D eigenvalue weighted by Crippen LogP contribution is -2.30. The Morgan fingerprint density at radius 1 is 1.22 bits per heavy atom. The predicted molar refractivity (Wildman–Crippen MR) is 107 cm³/mol. The zero-order valence-corrected chi connectivity index (χ0v) is 16.4. The molecule has 6 heteroatoms. The molecule has 1 amide bonds. The maximum atomic E-state index is 12.9. The van der Waals surface area contributed by atoms with Crippen molar-refractivity contribution >= 4 is 17.5 Å². The smallest absolute Gasteiger partial charge is 0.274 e. The lowest BCUT2D eigenvalue weighted by Gasteiger charge is -2.20. The summed E-state index contributed by atoms with van der Waals surface area (Å²) < 4.78 is 7.09. The standard InChI is InChI=1S/C21H22ClN3O2/c1-4-24(14-16-6-5-7-17(22)13-16)21(26)18-10-11-25(23-18)19-12-15(2)8-9-20(19)27-3/h5-13H,4,14H2,1-3H3. The molecule has 3 rings (SSSR count). The van der Waals surface area contributed by atoms with Gasteiger partial charge in [-0.3, -0.25) is 4.79 Å². The van der Waals surface area contributed by atoms with E-state index < -0.39 is 0 Å². The molecule has 0 saturated carbocycles. The molecule has 0 aliphatic rings. The molecule has 0 aliphatic carbocycles. The van der Waals surface area contributed by atoms with Gasteiger partial charge in [-0.1, -0.05) is 29.8 Å². The zero-order chi connectivity index (χ0) is 19.4. The largest absolute Gasteiger partial charge is 0.494 e. The van der Waals surface area contributed by atoms with E-state index in [1.165, 1.54) is 0 Å². The number of aromatic nitrogens is 2. The molecule has 0 radical (unpaired) electrons. The van der Waals surface area contributed by atoms with E-state index in [2.05, 4.69) is 5.10 Å². The van der Waals surface area contributed by atoms with Gasteiger partial charge in [-0.15, -0.1) is 0 Å². The highest BCUT2D eigenvalue weighted by Crippen LogP contribution is 2.24. The number of hydrogen-bond acceptors (Lipinski definition) is 3. The second-order valence-electron chi connectivity index (χ2n) is 6.27. The minimum absolute atomic E-state index is 0.122. The van der Waals surface area contributed by atoms with Crippen molar-refractivity contribution in [3.63, 3.8) is 0 Å². The van der Waals surface area contributed by atoms with Crippen LogP contribution in [0.15, 0.2) is 54.7 Å². The molecule has 0 unspecified atom stereocenters. The maximum Gasteiger partial charge on any atom is 0.274 e. The Hall–Kier alpha value is -2.79. The Bertz CT molecular complexity index is 952. The van der Waals surface area contributed by atoms with Crippen LogP contribution in [0.2, 0.25) is 5.02 Å². The van der Waals surface area contributed by atoms with E-state index in [9.17, 15) is 4.79 Å². The van der Waals surface area contributed by atoms with E-state index in [0.29, 0.717) is 29.6 Å². The fourth-order valence-electron chi connectivity index (χ4n) is 2.90. The number of carbonyl (C=O) groups excluding carboxylic acids is 1. The van der Waals surface area contributed by atoms with E-state index in [0.717, 1.165) is 16.8 Å². The lowest BCUT2D eigenvalue weighted by molar-refractivity contribution is 0.0746. The van der Waals surface area contributed by atoms with Gasteiger partial charge in [0.05, 0.1) is 7.11 Å². The third kappa shape index (κ3) is 4.31. The van der Waals surface area contributed by atoms with Crippen molar-refractivity contribution < 1.29 is 9.53 Å².